The third-order valence-electron chi connectivity index (χ3n) is 6.19. The zero-order chi connectivity index (χ0) is 27.6. The van der Waals surface area contributed by atoms with Crippen LogP contribution in [0, 0.1) is 0 Å². The predicted octanol–water partition coefficient (Wildman–Crippen LogP) is 3.00. The number of carbonyl (C=O) groups is 2. The normalized spacial score (nSPS) is 27.5. The Labute approximate surface area is 212 Å². The second-order valence-corrected chi connectivity index (χ2v) is 9.01. The minimum Gasteiger partial charge on any atom is -0.452 e. The molecule has 0 aromatic rings. The average Bonchev–Trinajstić information content (AvgIpc) is 2.86. The van der Waals surface area contributed by atoms with Crippen LogP contribution in [-0.2, 0) is 33.4 Å². The molecule has 36 heavy (non-hydrogen) atoms. The Bertz CT molecular complexity index is 848. The van der Waals surface area contributed by atoms with E-state index in [1.807, 2.05) is 0 Å². The lowest BCUT2D eigenvalue weighted by Gasteiger charge is -2.45. The smallest absolute Gasteiger partial charge is 0.333 e. The number of aliphatic hydroxyl groups is 2. The molecule has 1 heterocycles. The van der Waals surface area contributed by atoms with Crippen molar-refractivity contribution in [3.05, 3.63) is 48.1 Å². The molecule has 0 amide bonds. The SMILES string of the molecule is C=C[C@](C)(CCC(OO)C(=C)C)O[C@@H]1O[C@H](CO)[C@@H](OC(=O)/C(C)=C\C)[C@H](OC(=O)/C(C)=C\C)[C@H]1O. The summed E-state index contributed by atoms with van der Waals surface area (Å²) >= 11 is 0. The lowest BCUT2D eigenvalue weighted by atomic mass is 9.94. The van der Waals surface area contributed by atoms with Gasteiger partial charge in [-0.1, -0.05) is 24.8 Å². The summed E-state index contributed by atoms with van der Waals surface area (Å²) in [6, 6.07) is 0. The highest BCUT2D eigenvalue weighted by Gasteiger charge is 2.51. The molecule has 1 rings (SSSR count). The number of hydrogen-bond acceptors (Lipinski definition) is 10. The van der Waals surface area contributed by atoms with E-state index in [4.69, 9.17) is 24.2 Å². The summed E-state index contributed by atoms with van der Waals surface area (Å²) in [5, 5.41) is 30.3. The van der Waals surface area contributed by atoms with Gasteiger partial charge in [0.15, 0.2) is 18.5 Å². The molecule has 0 aliphatic carbocycles. The molecular formula is C26H40O10. The molecule has 0 radical (unpaired) electrons. The number of hydrogen-bond donors (Lipinski definition) is 3. The Morgan fingerprint density at radius 3 is 2.03 bits per heavy atom. The third kappa shape index (κ3) is 8.36. The Hall–Kier alpha value is -2.34. The fourth-order valence-electron chi connectivity index (χ4n) is 3.37. The van der Waals surface area contributed by atoms with E-state index in [-0.39, 0.29) is 17.6 Å². The van der Waals surface area contributed by atoms with Crippen LogP contribution in [0.2, 0.25) is 0 Å². The van der Waals surface area contributed by atoms with E-state index < -0.39 is 61.0 Å². The number of esters is 2. The average molecular weight is 513 g/mol. The lowest BCUT2D eigenvalue weighted by Crippen LogP contribution is -2.62. The first-order chi connectivity index (χ1) is 16.9. The van der Waals surface area contributed by atoms with Crippen LogP contribution in [0.4, 0.5) is 0 Å². The van der Waals surface area contributed by atoms with Gasteiger partial charge in [0.05, 0.1) is 12.2 Å². The first-order valence-electron chi connectivity index (χ1n) is 11.8. The van der Waals surface area contributed by atoms with Crippen LogP contribution in [0.15, 0.2) is 48.1 Å². The summed E-state index contributed by atoms with van der Waals surface area (Å²) in [6.07, 6.45) is -2.35. The maximum atomic E-state index is 12.6. The van der Waals surface area contributed by atoms with Crippen LogP contribution < -0.4 is 0 Å². The highest BCUT2D eigenvalue weighted by molar-refractivity contribution is 5.88. The fraction of sp³-hybridized carbons (Fsp3) is 0.615. The molecule has 10 nitrogen and oxygen atoms in total. The standard InChI is InChI=1S/C26H40O10/c1-9-16(6)23(29)33-21-19(14-27)32-25(20(28)22(21)34-24(30)17(7)10-2)35-26(8,11-3)13-12-18(36-31)15(4)5/h9-11,18-22,25,27-28,31H,3-4,12-14H2,1-2,5-8H3/b16-9-,17-10-/t18?,19-,20-,21-,22-,25+,26-/m1/s1. The fourth-order valence-corrected chi connectivity index (χ4v) is 3.37. The van der Waals surface area contributed by atoms with E-state index in [9.17, 15) is 19.8 Å². The van der Waals surface area contributed by atoms with Gasteiger partial charge >= 0.3 is 11.9 Å². The van der Waals surface area contributed by atoms with Crippen LogP contribution in [0.5, 0.6) is 0 Å². The van der Waals surface area contributed by atoms with Crippen molar-refractivity contribution in [1.29, 1.82) is 0 Å². The lowest BCUT2D eigenvalue weighted by molar-refractivity contribution is -0.323. The molecule has 0 aromatic carbocycles. The van der Waals surface area contributed by atoms with E-state index in [0.29, 0.717) is 12.0 Å². The van der Waals surface area contributed by atoms with Crippen LogP contribution in [0.1, 0.15) is 54.4 Å². The molecule has 1 aliphatic rings. The molecule has 3 N–H and O–H groups in total. The zero-order valence-electron chi connectivity index (χ0n) is 21.9. The number of aliphatic hydroxyl groups excluding tert-OH is 2. The van der Waals surface area contributed by atoms with Crippen molar-refractivity contribution >= 4 is 11.9 Å². The summed E-state index contributed by atoms with van der Waals surface area (Å²) in [7, 11) is 0. The highest BCUT2D eigenvalue weighted by Crippen LogP contribution is 2.33. The summed E-state index contributed by atoms with van der Waals surface area (Å²) in [6.45, 7) is 16.7. The van der Waals surface area contributed by atoms with Crippen LogP contribution >= 0.6 is 0 Å². The number of allylic oxidation sites excluding steroid dienone is 2. The van der Waals surface area contributed by atoms with Gasteiger partial charge in [0.25, 0.3) is 0 Å². The number of rotatable bonds is 13. The Balaban J connectivity index is 3.27. The molecule has 0 spiro atoms. The summed E-state index contributed by atoms with van der Waals surface area (Å²) < 4.78 is 22.8. The van der Waals surface area contributed by atoms with Crippen LogP contribution in [-0.4, -0.2) is 76.4 Å². The van der Waals surface area contributed by atoms with E-state index in [0.717, 1.165) is 0 Å². The maximum Gasteiger partial charge on any atom is 0.333 e. The molecule has 1 saturated heterocycles. The van der Waals surface area contributed by atoms with Crippen LogP contribution in [0.25, 0.3) is 0 Å². The summed E-state index contributed by atoms with van der Waals surface area (Å²) in [4.78, 5) is 29.5. The van der Waals surface area contributed by atoms with Crippen molar-refractivity contribution in [1.82, 2.24) is 0 Å². The topological polar surface area (TPSA) is 141 Å². The monoisotopic (exact) mass is 512 g/mol. The van der Waals surface area contributed by atoms with Crippen molar-refractivity contribution in [2.45, 2.75) is 96.8 Å². The molecule has 204 valence electrons. The van der Waals surface area contributed by atoms with Gasteiger partial charge in [-0.05, 0) is 60.0 Å². The Kier molecular flexibility index (Phi) is 12.7. The summed E-state index contributed by atoms with van der Waals surface area (Å²) in [5.74, 6) is -1.45. The minimum absolute atomic E-state index is 0.271. The maximum absolute atomic E-state index is 12.6. The first-order valence-corrected chi connectivity index (χ1v) is 11.8. The molecular weight excluding hydrogens is 472 g/mol. The molecule has 1 aliphatic heterocycles. The van der Waals surface area contributed by atoms with Gasteiger partial charge in [0.1, 0.15) is 18.3 Å². The predicted molar refractivity (Wildman–Crippen MR) is 132 cm³/mol. The van der Waals surface area contributed by atoms with E-state index in [2.05, 4.69) is 18.0 Å². The quantitative estimate of drug-likeness (QED) is 0.111. The molecule has 10 heteroatoms. The number of carbonyl (C=O) groups excluding carboxylic acids is 2. The molecule has 7 atom stereocenters. The number of ether oxygens (including phenoxy) is 4. The van der Waals surface area contributed by atoms with Crippen molar-refractivity contribution in [2.24, 2.45) is 0 Å². The van der Waals surface area contributed by atoms with Crippen LogP contribution in [0.3, 0.4) is 0 Å². The highest BCUT2D eigenvalue weighted by atomic mass is 17.1. The summed E-state index contributed by atoms with van der Waals surface area (Å²) in [5.41, 5.74) is 0.0703. The van der Waals surface area contributed by atoms with E-state index >= 15 is 0 Å². The molecule has 1 unspecified atom stereocenters. The largest absolute Gasteiger partial charge is 0.452 e. The van der Waals surface area contributed by atoms with Gasteiger partial charge in [-0.3, -0.25) is 5.26 Å². The van der Waals surface area contributed by atoms with Gasteiger partial charge in [0, 0.05) is 11.1 Å². The van der Waals surface area contributed by atoms with Gasteiger partial charge in [0.2, 0.25) is 0 Å². The first kappa shape index (κ1) is 31.7. The molecule has 1 fully saturated rings. The van der Waals surface area contributed by atoms with Crippen molar-refractivity contribution in [2.75, 3.05) is 6.61 Å². The van der Waals surface area contributed by atoms with Gasteiger partial charge in [-0.25, -0.2) is 14.5 Å². The van der Waals surface area contributed by atoms with Gasteiger partial charge < -0.3 is 29.2 Å². The van der Waals surface area contributed by atoms with E-state index in [1.165, 1.54) is 32.1 Å². The van der Waals surface area contributed by atoms with Gasteiger partial charge in [-0.15, -0.1) is 6.58 Å². The molecule has 0 saturated carbocycles. The molecule has 0 aromatic heterocycles. The Morgan fingerprint density at radius 1 is 1.08 bits per heavy atom. The zero-order valence-corrected chi connectivity index (χ0v) is 21.9. The second-order valence-electron chi connectivity index (χ2n) is 9.01. The minimum atomic E-state index is -1.59. The molecule has 0 bridgehead atoms. The van der Waals surface area contributed by atoms with E-state index in [1.54, 1.807) is 27.7 Å². The second kappa shape index (κ2) is 14.4. The van der Waals surface area contributed by atoms with Crippen molar-refractivity contribution in [3.8, 4) is 0 Å². The van der Waals surface area contributed by atoms with Crippen molar-refractivity contribution < 1.29 is 48.9 Å². The third-order valence-corrected chi connectivity index (χ3v) is 6.19. The Morgan fingerprint density at radius 2 is 1.61 bits per heavy atom. The van der Waals surface area contributed by atoms with Crippen molar-refractivity contribution in [3.63, 3.8) is 0 Å². The van der Waals surface area contributed by atoms with Gasteiger partial charge in [-0.2, -0.15) is 0 Å².